The van der Waals surface area contributed by atoms with E-state index in [0.717, 1.165) is 0 Å². The normalized spacial score (nSPS) is 10.4. The largest absolute Gasteiger partial charge is 0.368 e. The Bertz CT molecular complexity index is 508. The van der Waals surface area contributed by atoms with Crippen molar-refractivity contribution in [1.82, 2.24) is 15.0 Å². The summed E-state index contributed by atoms with van der Waals surface area (Å²) in [6, 6.07) is 6.34. The van der Waals surface area contributed by atoms with Gasteiger partial charge in [0.25, 0.3) is 0 Å². The van der Waals surface area contributed by atoms with Crippen molar-refractivity contribution in [3.05, 3.63) is 47.0 Å². The zero-order valence-electron chi connectivity index (χ0n) is 9.44. The van der Waals surface area contributed by atoms with Crippen molar-refractivity contribution >= 4 is 5.95 Å². The molecule has 0 amide bonds. The van der Waals surface area contributed by atoms with Crippen LogP contribution in [0.5, 0.6) is 0 Å². The molecular formula is C12H14N4. The lowest BCUT2D eigenvalue weighted by molar-refractivity contribution is 0.927. The first-order valence-electron chi connectivity index (χ1n) is 5.14. The number of nitrogens with two attached hydrogens (primary N) is 1. The van der Waals surface area contributed by atoms with Crippen LogP contribution in [0.25, 0.3) is 0 Å². The quantitative estimate of drug-likeness (QED) is 0.825. The second kappa shape index (κ2) is 4.26. The lowest BCUT2D eigenvalue weighted by atomic mass is 10.0. The van der Waals surface area contributed by atoms with Crippen molar-refractivity contribution in [3.63, 3.8) is 0 Å². The van der Waals surface area contributed by atoms with E-state index in [1.54, 1.807) is 0 Å². The van der Waals surface area contributed by atoms with Gasteiger partial charge in [-0.3, -0.25) is 0 Å². The molecule has 16 heavy (non-hydrogen) atoms. The zero-order chi connectivity index (χ0) is 11.5. The highest BCUT2D eigenvalue weighted by Crippen LogP contribution is 2.12. The van der Waals surface area contributed by atoms with Crippen LogP contribution < -0.4 is 5.73 Å². The number of hydrogen-bond donors (Lipinski definition) is 1. The lowest BCUT2D eigenvalue weighted by Crippen LogP contribution is -2.02. The van der Waals surface area contributed by atoms with Crippen molar-refractivity contribution in [2.24, 2.45) is 0 Å². The third-order valence-electron chi connectivity index (χ3n) is 2.57. The van der Waals surface area contributed by atoms with Gasteiger partial charge in [0, 0.05) is 6.42 Å². The highest BCUT2D eigenvalue weighted by molar-refractivity contribution is 5.31. The van der Waals surface area contributed by atoms with Gasteiger partial charge < -0.3 is 5.73 Å². The van der Waals surface area contributed by atoms with Crippen LogP contribution in [-0.4, -0.2) is 15.0 Å². The summed E-state index contributed by atoms with van der Waals surface area (Å²) in [6.45, 7) is 4.20. The van der Waals surface area contributed by atoms with Crippen LogP contribution in [0.4, 0.5) is 5.95 Å². The number of aryl methyl sites for hydroxylation is 2. The summed E-state index contributed by atoms with van der Waals surface area (Å²) in [5.74, 6) is 0.976. The Balaban J connectivity index is 2.24. The van der Waals surface area contributed by atoms with Crippen LogP contribution in [0, 0.1) is 13.8 Å². The Hall–Kier alpha value is -1.97. The Morgan fingerprint density at radius 1 is 1.12 bits per heavy atom. The van der Waals surface area contributed by atoms with Crippen LogP contribution in [0.2, 0.25) is 0 Å². The molecule has 82 valence electrons. The maximum atomic E-state index is 5.50. The maximum Gasteiger partial charge on any atom is 0.223 e. The third kappa shape index (κ3) is 2.34. The summed E-state index contributed by atoms with van der Waals surface area (Å²) in [7, 11) is 0. The van der Waals surface area contributed by atoms with Gasteiger partial charge >= 0.3 is 0 Å². The molecular weight excluding hydrogens is 200 g/mol. The number of nitrogen functional groups attached to an aromatic ring is 1. The van der Waals surface area contributed by atoms with Gasteiger partial charge in [0.15, 0.2) is 0 Å². The fraction of sp³-hybridized carbons (Fsp3) is 0.250. The molecule has 2 aromatic rings. The van der Waals surface area contributed by atoms with Crippen molar-refractivity contribution < 1.29 is 0 Å². The first-order chi connectivity index (χ1) is 7.65. The average molecular weight is 214 g/mol. The van der Waals surface area contributed by atoms with Crippen LogP contribution in [0.15, 0.2) is 24.5 Å². The number of anilines is 1. The predicted molar refractivity (Wildman–Crippen MR) is 63.0 cm³/mol. The summed E-state index contributed by atoms with van der Waals surface area (Å²) in [6.07, 6.45) is 2.13. The second-order valence-corrected chi connectivity index (χ2v) is 3.86. The van der Waals surface area contributed by atoms with E-state index < -0.39 is 0 Å². The molecule has 0 saturated heterocycles. The molecule has 0 aliphatic carbocycles. The highest BCUT2D eigenvalue weighted by atomic mass is 15.1. The van der Waals surface area contributed by atoms with Crippen molar-refractivity contribution in [2.45, 2.75) is 20.3 Å². The molecule has 1 aromatic heterocycles. The van der Waals surface area contributed by atoms with Crippen molar-refractivity contribution in [2.75, 3.05) is 5.73 Å². The van der Waals surface area contributed by atoms with E-state index in [1.165, 1.54) is 23.0 Å². The van der Waals surface area contributed by atoms with E-state index in [0.29, 0.717) is 12.2 Å². The Kier molecular flexibility index (Phi) is 2.81. The van der Waals surface area contributed by atoms with Crippen LogP contribution in [-0.2, 0) is 6.42 Å². The minimum absolute atomic E-state index is 0.272. The minimum atomic E-state index is 0.272. The first kappa shape index (κ1) is 10.5. The molecule has 2 rings (SSSR count). The smallest absolute Gasteiger partial charge is 0.223 e. The molecule has 0 unspecified atom stereocenters. The van der Waals surface area contributed by atoms with Gasteiger partial charge in [-0.1, -0.05) is 18.2 Å². The second-order valence-electron chi connectivity index (χ2n) is 3.86. The lowest BCUT2D eigenvalue weighted by Gasteiger charge is -2.04. The Labute approximate surface area is 94.6 Å². The molecule has 0 radical (unpaired) electrons. The van der Waals surface area contributed by atoms with Crippen molar-refractivity contribution in [1.29, 1.82) is 0 Å². The monoisotopic (exact) mass is 214 g/mol. The highest BCUT2D eigenvalue weighted by Gasteiger charge is 2.01. The Morgan fingerprint density at radius 2 is 1.94 bits per heavy atom. The molecule has 0 saturated carbocycles. The topological polar surface area (TPSA) is 64.7 Å². The molecule has 0 atom stereocenters. The number of rotatable bonds is 2. The molecule has 2 N–H and O–H groups in total. The van der Waals surface area contributed by atoms with Gasteiger partial charge in [0.2, 0.25) is 5.95 Å². The molecule has 0 aliphatic heterocycles. The summed E-state index contributed by atoms with van der Waals surface area (Å²) >= 11 is 0. The number of nitrogens with zero attached hydrogens (tertiary/aromatic N) is 3. The third-order valence-corrected chi connectivity index (χ3v) is 2.57. The van der Waals surface area contributed by atoms with E-state index in [1.807, 2.05) is 0 Å². The average Bonchev–Trinajstić information content (AvgIpc) is 2.24. The van der Waals surface area contributed by atoms with Gasteiger partial charge in [-0.25, -0.2) is 9.97 Å². The van der Waals surface area contributed by atoms with E-state index >= 15 is 0 Å². The number of aromatic nitrogens is 3. The zero-order valence-corrected chi connectivity index (χ0v) is 9.44. The van der Waals surface area contributed by atoms with E-state index in [-0.39, 0.29) is 5.95 Å². The van der Waals surface area contributed by atoms with E-state index in [2.05, 4.69) is 47.0 Å². The van der Waals surface area contributed by atoms with E-state index in [9.17, 15) is 0 Å². The minimum Gasteiger partial charge on any atom is -0.368 e. The van der Waals surface area contributed by atoms with E-state index in [4.69, 9.17) is 5.73 Å². The standard InChI is InChI=1S/C12H14N4/c1-8-3-4-10(5-9(8)2)6-11-14-7-15-12(13)16-11/h3-5,7H,6H2,1-2H3,(H2,13,14,15,16). The predicted octanol–water partition coefficient (Wildman–Crippen LogP) is 1.66. The molecule has 1 heterocycles. The summed E-state index contributed by atoms with van der Waals surface area (Å²) in [5.41, 5.74) is 9.26. The molecule has 0 bridgehead atoms. The van der Waals surface area contributed by atoms with Crippen LogP contribution >= 0.6 is 0 Å². The molecule has 4 heteroatoms. The number of hydrogen-bond acceptors (Lipinski definition) is 4. The van der Waals surface area contributed by atoms with Crippen LogP contribution in [0.3, 0.4) is 0 Å². The molecule has 4 nitrogen and oxygen atoms in total. The SMILES string of the molecule is Cc1ccc(Cc2ncnc(N)n2)cc1C. The maximum absolute atomic E-state index is 5.50. The molecule has 1 aromatic carbocycles. The van der Waals surface area contributed by atoms with Gasteiger partial charge in [0.1, 0.15) is 12.2 Å². The van der Waals surface area contributed by atoms with Crippen LogP contribution in [0.1, 0.15) is 22.5 Å². The number of benzene rings is 1. The fourth-order valence-electron chi connectivity index (χ4n) is 1.53. The molecule has 0 fully saturated rings. The first-order valence-corrected chi connectivity index (χ1v) is 5.14. The van der Waals surface area contributed by atoms with Crippen molar-refractivity contribution in [3.8, 4) is 0 Å². The fourth-order valence-corrected chi connectivity index (χ4v) is 1.53. The van der Waals surface area contributed by atoms with Gasteiger partial charge in [-0.2, -0.15) is 4.98 Å². The van der Waals surface area contributed by atoms with Gasteiger partial charge in [-0.05, 0) is 30.5 Å². The molecule has 0 aliphatic rings. The Morgan fingerprint density at radius 3 is 2.62 bits per heavy atom. The molecule has 0 spiro atoms. The van der Waals surface area contributed by atoms with Gasteiger partial charge in [-0.15, -0.1) is 0 Å². The summed E-state index contributed by atoms with van der Waals surface area (Å²) in [5, 5.41) is 0. The summed E-state index contributed by atoms with van der Waals surface area (Å²) in [4.78, 5) is 11.9. The summed E-state index contributed by atoms with van der Waals surface area (Å²) < 4.78 is 0. The van der Waals surface area contributed by atoms with Gasteiger partial charge in [0.05, 0.1) is 0 Å².